The summed E-state index contributed by atoms with van der Waals surface area (Å²) in [5.41, 5.74) is 2.87. The van der Waals surface area contributed by atoms with Crippen LogP contribution in [0.5, 0.6) is 5.75 Å². The van der Waals surface area contributed by atoms with Crippen LogP contribution in [0.25, 0.3) is 0 Å². The minimum Gasteiger partial charge on any atom is -0.497 e. The van der Waals surface area contributed by atoms with Gasteiger partial charge in [0, 0.05) is 17.3 Å². The van der Waals surface area contributed by atoms with Gasteiger partial charge in [0.2, 0.25) is 0 Å². The first-order chi connectivity index (χ1) is 13.5. The Labute approximate surface area is 168 Å². The molecule has 0 amide bonds. The van der Waals surface area contributed by atoms with Crippen molar-refractivity contribution in [3.05, 3.63) is 41.5 Å². The average molecular weight is 381 g/mol. The second-order valence-corrected chi connectivity index (χ2v) is 9.67. The third kappa shape index (κ3) is 2.14. The Balaban J connectivity index is 1.50. The number of aryl methyl sites for hydroxylation is 1. The van der Waals surface area contributed by atoms with Gasteiger partial charge in [0.15, 0.2) is 0 Å². The summed E-state index contributed by atoms with van der Waals surface area (Å²) in [6, 6.07) is 6.68. The van der Waals surface area contributed by atoms with Gasteiger partial charge in [0.05, 0.1) is 7.11 Å². The second-order valence-electron chi connectivity index (χ2n) is 9.67. The monoisotopic (exact) mass is 380 g/mol. The maximum atomic E-state index is 12.4. The topological polar surface area (TPSA) is 35.5 Å². The number of esters is 1. The Kier molecular flexibility index (Phi) is 3.99. The molecule has 5 atom stereocenters. The maximum absolute atomic E-state index is 12.4. The van der Waals surface area contributed by atoms with E-state index in [1.165, 1.54) is 24.0 Å². The van der Waals surface area contributed by atoms with Crippen molar-refractivity contribution in [1.29, 1.82) is 0 Å². The third-order valence-corrected chi connectivity index (χ3v) is 8.85. The minimum absolute atomic E-state index is 0.0192. The van der Waals surface area contributed by atoms with Crippen LogP contribution in [0.15, 0.2) is 30.4 Å². The first kappa shape index (κ1) is 18.3. The molecule has 1 aromatic rings. The van der Waals surface area contributed by atoms with E-state index in [2.05, 4.69) is 37.3 Å². The van der Waals surface area contributed by atoms with Crippen LogP contribution >= 0.6 is 0 Å². The average Bonchev–Trinajstić information content (AvgIpc) is 3.10. The van der Waals surface area contributed by atoms with Crippen LogP contribution in [-0.4, -0.2) is 18.7 Å². The fraction of sp³-hybridized carbons (Fsp3) is 0.640. The van der Waals surface area contributed by atoms with Crippen molar-refractivity contribution < 1.29 is 14.3 Å². The molecule has 0 aliphatic heterocycles. The molecule has 4 aliphatic rings. The summed E-state index contributed by atoms with van der Waals surface area (Å²) < 4.78 is 11.7. The molecule has 0 unspecified atom stereocenters. The Morgan fingerprint density at radius 3 is 2.75 bits per heavy atom. The molecule has 2 fully saturated rings. The van der Waals surface area contributed by atoms with Gasteiger partial charge in [-0.2, -0.15) is 0 Å². The van der Waals surface area contributed by atoms with Crippen molar-refractivity contribution in [2.24, 2.45) is 16.7 Å². The molecule has 1 aromatic carbocycles. The molecule has 5 rings (SSSR count). The van der Waals surface area contributed by atoms with Gasteiger partial charge in [0.1, 0.15) is 11.4 Å². The Morgan fingerprint density at radius 2 is 2.04 bits per heavy atom. The van der Waals surface area contributed by atoms with E-state index in [-0.39, 0.29) is 22.4 Å². The summed E-state index contributed by atoms with van der Waals surface area (Å²) in [6.45, 7) is 4.46. The van der Waals surface area contributed by atoms with E-state index in [4.69, 9.17) is 9.47 Å². The van der Waals surface area contributed by atoms with Gasteiger partial charge in [-0.15, -0.1) is 0 Å². The lowest BCUT2D eigenvalue weighted by Gasteiger charge is -2.56. The summed E-state index contributed by atoms with van der Waals surface area (Å²) in [7, 11) is 1.75. The number of carbonyl (C=O) groups is 1. The molecule has 0 radical (unpaired) electrons. The fourth-order valence-corrected chi connectivity index (χ4v) is 7.41. The van der Waals surface area contributed by atoms with Gasteiger partial charge in [0.25, 0.3) is 0 Å². The predicted octanol–water partition coefficient (Wildman–Crippen LogP) is 5.57. The molecular formula is C25H32O3. The highest BCUT2D eigenvalue weighted by molar-refractivity contribution is 5.70. The highest BCUT2D eigenvalue weighted by Crippen LogP contribution is 2.75. The number of benzene rings is 1. The normalized spacial score (nSPS) is 39.8. The van der Waals surface area contributed by atoms with Crippen LogP contribution in [-0.2, 0) is 16.0 Å². The number of rotatable bonds is 4. The van der Waals surface area contributed by atoms with E-state index in [0.29, 0.717) is 18.3 Å². The van der Waals surface area contributed by atoms with Gasteiger partial charge in [-0.25, -0.2) is 0 Å². The summed E-state index contributed by atoms with van der Waals surface area (Å²) in [5.74, 6) is 2.22. The predicted molar refractivity (Wildman–Crippen MR) is 109 cm³/mol. The molecule has 4 aliphatic carbocycles. The first-order valence-electron chi connectivity index (χ1n) is 11.1. The third-order valence-electron chi connectivity index (χ3n) is 8.85. The van der Waals surface area contributed by atoms with Gasteiger partial charge in [-0.3, -0.25) is 4.79 Å². The highest BCUT2D eigenvalue weighted by Gasteiger charge is 2.73. The summed E-state index contributed by atoms with van der Waals surface area (Å²) in [6.07, 6.45) is 13.0. The molecule has 0 N–H and O–H groups in total. The van der Waals surface area contributed by atoms with Gasteiger partial charge in [-0.05, 0) is 86.1 Å². The quantitative estimate of drug-likeness (QED) is 0.506. The molecule has 3 heteroatoms. The standard InChI is InChI=1S/C25H32O3/c1-4-5-22(26)28-25-14-12-24(13-15-25)21-9-6-17-16-18(27-3)7-8-19(17)20(21)10-11-23(24,25)2/h7-8,12,14,16,20-21H,4-6,9-11,13,15H2,1-3H3/t20-,21-,23+,24+,25-/m1/s1. The van der Waals surface area contributed by atoms with E-state index in [0.717, 1.165) is 37.9 Å². The number of methoxy groups -OCH3 is 1. The molecule has 0 heterocycles. The van der Waals surface area contributed by atoms with Crippen molar-refractivity contribution in [1.82, 2.24) is 0 Å². The number of hydrogen-bond acceptors (Lipinski definition) is 3. The summed E-state index contributed by atoms with van der Waals surface area (Å²) >= 11 is 0. The van der Waals surface area contributed by atoms with E-state index >= 15 is 0 Å². The lowest BCUT2D eigenvalue weighted by Crippen LogP contribution is -2.53. The van der Waals surface area contributed by atoms with Crippen molar-refractivity contribution in [2.45, 2.75) is 76.7 Å². The van der Waals surface area contributed by atoms with E-state index in [1.807, 2.05) is 6.92 Å². The molecule has 2 bridgehead atoms. The molecular weight excluding hydrogens is 348 g/mol. The smallest absolute Gasteiger partial charge is 0.306 e. The van der Waals surface area contributed by atoms with Gasteiger partial charge in [-0.1, -0.05) is 26.0 Å². The van der Waals surface area contributed by atoms with Crippen LogP contribution in [0.4, 0.5) is 0 Å². The second kappa shape index (κ2) is 6.11. The van der Waals surface area contributed by atoms with Crippen molar-refractivity contribution in [3.8, 4) is 5.75 Å². The molecule has 150 valence electrons. The number of fused-ring (bicyclic) bond motifs is 3. The lowest BCUT2D eigenvalue weighted by molar-refractivity contribution is -0.171. The Morgan fingerprint density at radius 1 is 1.18 bits per heavy atom. The molecule has 3 nitrogen and oxygen atoms in total. The van der Waals surface area contributed by atoms with Crippen LogP contribution in [0, 0.1) is 16.7 Å². The zero-order chi connectivity index (χ0) is 19.6. The molecule has 0 saturated heterocycles. The van der Waals surface area contributed by atoms with Gasteiger partial charge < -0.3 is 9.47 Å². The summed E-state index contributed by atoms with van der Waals surface area (Å²) in [4.78, 5) is 12.4. The number of hydrogen-bond donors (Lipinski definition) is 0. The first-order valence-corrected chi connectivity index (χ1v) is 11.1. The Bertz CT molecular complexity index is 842. The van der Waals surface area contributed by atoms with Crippen LogP contribution < -0.4 is 4.74 Å². The largest absolute Gasteiger partial charge is 0.497 e. The van der Waals surface area contributed by atoms with E-state index < -0.39 is 0 Å². The van der Waals surface area contributed by atoms with Crippen LogP contribution in [0.2, 0.25) is 0 Å². The molecule has 2 saturated carbocycles. The number of carbonyl (C=O) groups excluding carboxylic acids is 1. The SMILES string of the molecule is CCCC(=O)O[C@]12C=C[C@]3(CC1)[C@@H]1CCc4cc(OC)ccc4[C@H]1CC[C@]23C. The van der Waals surface area contributed by atoms with Crippen LogP contribution in [0.1, 0.15) is 75.8 Å². The van der Waals surface area contributed by atoms with Crippen molar-refractivity contribution >= 4 is 5.97 Å². The zero-order valence-electron chi connectivity index (χ0n) is 17.4. The zero-order valence-corrected chi connectivity index (χ0v) is 17.4. The number of allylic oxidation sites excluding steroid dienone is 1. The fourth-order valence-electron chi connectivity index (χ4n) is 7.41. The van der Waals surface area contributed by atoms with E-state index in [1.54, 1.807) is 7.11 Å². The van der Waals surface area contributed by atoms with Crippen molar-refractivity contribution in [2.75, 3.05) is 7.11 Å². The highest BCUT2D eigenvalue weighted by atomic mass is 16.6. The maximum Gasteiger partial charge on any atom is 0.306 e. The minimum atomic E-state index is -0.371. The summed E-state index contributed by atoms with van der Waals surface area (Å²) in [5, 5.41) is 0. The molecule has 0 spiro atoms. The van der Waals surface area contributed by atoms with E-state index in [9.17, 15) is 4.79 Å². The van der Waals surface area contributed by atoms with Crippen LogP contribution in [0.3, 0.4) is 0 Å². The lowest BCUT2D eigenvalue weighted by atomic mass is 9.48. The molecule has 28 heavy (non-hydrogen) atoms. The number of ether oxygens (including phenoxy) is 2. The van der Waals surface area contributed by atoms with Crippen molar-refractivity contribution in [3.63, 3.8) is 0 Å². The Hall–Kier alpha value is -1.77. The van der Waals surface area contributed by atoms with Gasteiger partial charge >= 0.3 is 5.97 Å². The molecule has 0 aromatic heterocycles.